The minimum Gasteiger partial charge on any atom is -0.485 e. The third-order valence-corrected chi connectivity index (χ3v) is 7.41. The van der Waals surface area contributed by atoms with Crippen LogP contribution in [0.2, 0.25) is 0 Å². The van der Waals surface area contributed by atoms with Gasteiger partial charge < -0.3 is 24.3 Å². The second-order valence-electron chi connectivity index (χ2n) is 10.7. The average molecular weight is 816 g/mol. The van der Waals surface area contributed by atoms with Crippen LogP contribution >= 0.6 is 0 Å². The summed E-state index contributed by atoms with van der Waals surface area (Å²) in [4.78, 5) is 26.7. The molecule has 2 aliphatic heterocycles. The van der Waals surface area contributed by atoms with Crippen LogP contribution in [-0.2, 0) is 41.2 Å². The molecule has 4 aromatic heterocycles. The maximum atomic E-state index is 4.58. The molecule has 0 unspecified atom stereocenters. The summed E-state index contributed by atoms with van der Waals surface area (Å²) in [6.07, 6.45) is 14.8. The van der Waals surface area contributed by atoms with E-state index in [0.717, 1.165) is 66.3 Å². The number of nitrogens with zero attached hydrogens (tertiary/aromatic N) is 14. The van der Waals surface area contributed by atoms with E-state index in [1.54, 1.807) is 48.2 Å². The monoisotopic (exact) mass is 816 g/mol. The van der Waals surface area contributed by atoms with Crippen LogP contribution in [0.25, 0.3) is 11.4 Å². The van der Waals surface area contributed by atoms with Crippen molar-refractivity contribution < 1.29 is 24.8 Å². The summed E-state index contributed by atoms with van der Waals surface area (Å²) in [7, 11) is 5.40. The first-order valence-electron chi connectivity index (χ1n) is 15.0. The molecule has 48 heavy (non-hydrogen) atoms. The zero-order valence-electron chi connectivity index (χ0n) is 26.5. The average Bonchev–Trinajstić information content (AvgIpc) is 3.88. The van der Waals surface area contributed by atoms with E-state index in [4.69, 9.17) is 0 Å². The molecule has 0 fully saturated rings. The number of hydrogen-bond donors (Lipinski definition) is 0. The molecule has 6 heterocycles. The Morgan fingerprint density at radius 3 is 1.67 bits per heavy atom. The number of para-hydroxylation sites is 2. The quantitative estimate of drug-likeness (QED) is 0.128. The molecule has 0 spiro atoms. The van der Waals surface area contributed by atoms with Crippen LogP contribution in [0, 0.1) is 37.9 Å². The van der Waals surface area contributed by atoms with E-state index in [2.05, 4.69) is 83.1 Å². The van der Waals surface area contributed by atoms with Gasteiger partial charge in [-0.2, -0.15) is 66.4 Å². The maximum Gasteiger partial charge on any atom is 0.143 e. The molecule has 247 valence electrons. The zero-order chi connectivity index (χ0) is 32.2. The van der Waals surface area contributed by atoms with Gasteiger partial charge in [0.2, 0.25) is 0 Å². The first-order valence-corrected chi connectivity index (χ1v) is 15.0. The molecule has 0 N–H and O–H groups in total. The normalized spacial score (nSPS) is 13.1. The number of unbranched alkanes of at least 4 members (excludes halogenated alkanes) is 1. The van der Waals surface area contributed by atoms with Crippen molar-refractivity contribution in [2.24, 2.45) is 21.1 Å². The molecular formula is C33H31IrN14-5. The van der Waals surface area contributed by atoms with Crippen molar-refractivity contribution in [1.29, 1.82) is 0 Å². The third kappa shape index (κ3) is 6.87. The summed E-state index contributed by atoms with van der Waals surface area (Å²) in [6, 6.07) is 22.3. The van der Waals surface area contributed by atoms with Gasteiger partial charge in [0.05, 0.1) is 14.1 Å². The number of rotatable bonds is 8. The van der Waals surface area contributed by atoms with Gasteiger partial charge in [0.15, 0.2) is 0 Å². The van der Waals surface area contributed by atoms with E-state index in [1.807, 2.05) is 65.4 Å². The van der Waals surface area contributed by atoms with Crippen LogP contribution in [0.4, 0.5) is 34.6 Å². The van der Waals surface area contributed by atoms with E-state index in [0.29, 0.717) is 5.69 Å². The summed E-state index contributed by atoms with van der Waals surface area (Å²) < 4.78 is 4.80. The molecule has 0 aliphatic carbocycles. The van der Waals surface area contributed by atoms with Crippen LogP contribution in [0.5, 0.6) is 0 Å². The Kier molecular flexibility index (Phi) is 9.97. The number of benzene rings is 2. The minimum absolute atomic E-state index is 0. The second kappa shape index (κ2) is 14.7. The van der Waals surface area contributed by atoms with Gasteiger partial charge in [-0.1, -0.05) is 11.9 Å². The van der Waals surface area contributed by atoms with Crippen LogP contribution in [0.3, 0.4) is 0 Å². The first kappa shape index (κ1) is 32.7. The topological polar surface area (TPSA) is 117 Å². The van der Waals surface area contributed by atoms with Gasteiger partial charge in [0, 0.05) is 57.2 Å². The number of fused-ring (bicyclic) bond motifs is 2. The Morgan fingerprint density at radius 2 is 1.25 bits per heavy atom. The fourth-order valence-electron chi connectivity index (χ4n) is 5.31. The predicted molar refractivity (Wildman–Crippen MR) is 173 cm³/mol. The van der Waals surface area contributed by atoms with E-state index < -0.39 is 0 Å². The summed E-state index contributed by atoms with van der Waals surface area (Å²) in [5.41, 5.74) is 3.33. The number of aromatic nitrogens is 10. The van der Waals surface area contributed by atoms with Crippen molar-refractivity contribution in [3.63, 3.8) is 0 Å². The van der Waals surface area contributed by atoms with Crippen LogP contribution < -0.4 is 24.3 Å². The van der Waals surface area contributed by atoms with Crippen molar-refractivity contribution in [2.75, 3.05) is 32.7 Å². The Labute approximate surface area is 292 Å². The SMILES string of the molecule is Cn1[c-]c(-c2[c-][n+](C)nn2C)nn1.[Ir].[c-]1ccccc1N1[CH-]N(CCCCN2[CH-]N(c3[c-]cccc3)c3nccnc32)c2nccnc21. The molecule has 1 radical (unpaired) electrons. The zero-order valence-corrected chi connectivity index (χ0v) is 28.9. The Morgan fingerprint density at radius 1 is 0.729 bits per heavy atom. The van der Waals surface area contributed by atoms with Crippen molar-refractivity contribution in [3.05, 3.63) is 111 Å². The van der Waals surface area contributed by atoms with Gasteiger partial charge in [-0.15, -0.1) is 29.9 Å². The van der Waals surface area contributed by atoms with Gasteiger partial charge in [0.25, 0.3) is 0 Å². The molecule has 0 saturated heterocycles. The molecule has 2 aliphatic rings. The number of anilines is 6. The Bertz CT molecular complexity index is 1830. The van der Waals surface area contributed by atoms with Crippen LogP contribution in [0.1, 0.15) is 12.8 Å². The molecule has 0 atom stereocenters. The van der Waals surface area contributed by atoms with Gasteiger partial charge in [-0.3, -0.25) is 5.10 Å². The summed E-state index contributed by atoms with van der Waals surface area (Å²) in [5.74, 6) is 3.40. The summed E-state index contributed by atoms with van der Waals surface area (Å²) >= 11 is 0. The van der Waals surface area contributed by atoms with Gasteiger partial charge in [-0.25, -0.2) is 35.5 Å². The molecular weight excluding hydrogens is 785 g/mol. The van der Waals surface area contributed by atoms with E-state index >= 15 is 0 Å². The smallest absolute Gasteiger partial charge is 0.143 e. The molecule has 0 saturated carbocycles. The first-order chi connectivity index (χ1) is 23.0. The van der Waals surface area contributed by atoms with Crippen LogP contribution in [-0.4, -0.2) is 57.9 Å². The minimum atomic E-state index is 0. The maximum absolute atomic E-state index is 4.58. The van der Waals surface area contributed by atoms with E-state index in [1.165, 1.54) is 4.68 Å². The molecule has 15 heteroatoms. The molecule has 8 rings (SSSR count). The molecule has 2 aromatic carbocycles. The Hall–Kier alpha value is -5.27. The largest absolute Gasteiger partial charge is 0.485 e. The Balaban J connectivity index is 0.000000241. The van der Waals surface area contributed by atoms with Crippen molar-refractivity contribution in [1.82, 2.24) is 44.8 Å². The molecule has 14 nitrogen and oxygen atoms in total. The van der Waals surface area contributed by atoms with Gasteiger partial charge in [-0.05, 0) is 25.9 Å². The third-order valence-electron chi connectivity index (χ3n) is 7.41. The van der Waals surface area contributed by atoms with E-state index in [9.17, 15) is 0 Å². The predicted octanol–water partition coefficient (Wildman–Crippen LogP) is 3.14. The standard InChI is InChI=1S/C26H22N8.C7H9N6.Ir/c1-3-9-21(10-4-1)33-19-31(23-25(33)29-15-13-27-23)17-7-8-18-32-20-34(22-11-5-2-6-12-22)26-24(32)28-14-16-30-26;1-11-4-6(8-9-11)7-5-12(2)10-13(7)3;/h1-6,9,11,13-16,19-20H,7-8,17-18H2;1-3H3;/q-4;-1;. The van der Waals surface area contributed by atoms with Gasteiger partial charge in [0.1, 0.15) is 23.3 Å². The fraction of sp³-hybridized carbons (Fsp3) is 0.212. The molecule has 6 aromatic rings. The summed E-state index contributed by atoms with van der Waals surface area (Å²) in [6.45, 7) is 5.80. The van der Waals surface area contributed by atoms with E-state index in [-0.39, 0.29) is 20.1 Å². The van der Waals surface area contributed by atoms with Gasteiger partial charge >= 0.3 is 0 Å². The van der Waals surface area contributed by atoms with Crippen molar-refractivity contribution in [3.8, 4) is 11.4 Å². The van der Waals surface area contributed by atoms with Crippen molar-refractivity contribution in [2.45, 2.75) is 12.8 Å². The van der Waals surface area contributed by atoms with Crippen LogP contribution in [0.15, 0.2) is 73.3 Å². The number of hydrogen-bond acceptors (Lipinski definition) is 11. The molecule has 0 bridgehead atoms. The fourth-order valence-corrected chi connectivity index (χ4v) is 5.31. The molecule has 0 amide bonds. The van der Waals surface area contributed by atoms with Crippen molar-refractivity contribution >= 4 is 34.6 Å². The second-order valence-corrected chi connectivity index (χ2v) is 10.7. The number of aryl methyl sites for hydroxylation is 3. The summed E-state index contributed by atoms with van der Waals surface area (Å²) in [5, 5.41) is 11.8.